The number of anilines is 1. The number of carbonyl (C=O) groups excluding carboxylic acids is 1. The summed E-state index contributed by atoms with van der Waals surface area (Å²) in [6.07, 6.45) is 5.27. The summed E-state index contributed by atoms with van der Waals surface area (Å²) in [7, 11) is 1.58. The predicted molar refractivity (Wildman–Crippen MR) is 81.2 cm³/mol. The van der Waals surface area contributed by atoms with E-state index in [1.165, 1.54) is 10.6 Å². The van der Waals surface area contributed by atoms with Crippen LogP contribution in [0.2, 0.25) is 0 Å². The van der Waals surface area contributed by atoms with Gasteiger partial charge in [0.25, 0.3) is 5.56 Å². The molecule has 6 nitrogen and oxygen atoms in total. The number of ether oxygens (including phenoxy) is 1. The van der Waals surface area contributed by atoms with Crippen LogP contribution in [-0.4, -0.2) is 30.7 Å². The third kappa shape index (κ3) is 3.92. The van der Waals surface area contributed by atoms with E-state index in [4.69, 9.17) is 10.5 Å². The zero-order valence-corrected chi connectivity index (χ0v) is 12.4. The van der Waals surface area contributed by atoms with Crippen molar-refractivity contribution in [2.24, 2.45) is 11.1 Å². The maximum absolute atomic E-state index is 12.1. The van der Waals surface area contributed by atoms with Crippen LogP contribution in [0.5, 0.6) is 0 Å². The maximum atomic E-state index is 12.1. The molecule has 1 fully saturated rings. The van der Waals surface area contributed by atoms with Gasteiger partial charge in [0, 0.05) is 32.3 Å². The molecule has 6 heteroatoms. The Labute approximate surface area is 124 Å². The molecule has 1 aromatic heterocycles. The van der Waals surface area contributed by atoms with Crippen LogP contribution in [0.1, 0.15) is 25.7 Å². The molecular weight excluding hydrogens is 270 g/mol. The molecule has 2 rings (SSSR count). The van der Waals surface area contributed by atoms with Crippen LogP contribution in [-0.2, 0) is 16.1 Å². The number of methoxy groups -OCH3 is 1. The molecule has 3 N–H and O–H groups in total. The number of rotatable bonds is 7. The van der Waals surface area contributed by atoms with E-state index < -0.39 is 0 Å². The molecule has 1 aliphatic carbocycles. The van der Waals surface area contributed by atoms with E-state index in [1.807, 2.05) is 0 Å². The molecular formula is C15H23N3O3. The summed E-state index contributed by atoms with van der Waals surface area (Å²) in [5.74, 6) is -0.0444. The topological polar surface area (TPSA) is 86.3 Å². The monoisotopic (exact) mass is 293 g/mol. The van der Waals surface area contributed by atoms with Crippen molar-refractivity contribution in [3.63, 3.8) is 0 Å². The number of pyridine rings is 1. The lowest BCUT2D eigenvalue weighted by Crippen LogP contribution is -2.40. The maximum Gasteiger partial charge on any atom is 0.250 e. The van der Waals surface area contributed by atoms with Crippen LogP contribution in [0.3, 0.4) is 0 Å². The first-order valence-corrected chi connectivity index (χ1v) is 7.28. The average Bonchev–Trinajstić information content (AvgIpc) is 2.43. The number of nitrogens with zero attached hydrogens (tertiary/aromatic N) is 1. The number of hydrogen-bond donors (Lipinski definition) is 2. The van der Waals surface area contributed by atoms with Gasteiger partial charge >= 0.3 is 0 Å². The lowest BCUT2D eigenvalue weighted by atomic mass is 9.66. The Bertz CT molecular complexity index is 544. The van der Waals surface area contributed by atoms with Crippen molar-refractivity contribution in [1.29, 1.82) is 0 Å². The Kier molecular flexibility index (Phi) is 5.14. The van der Waals surface area contributed by atoms with Crippen LogP contribution < -0.4 is 16.6 Å². The normalized spacial score (nSPS) is 16.3. The summed E-state index contributed by atoms with van der Waals surface area (Å²) >= 11 is 0. The van der Waals surface area contributed by atoms with Crippen molar-refractivity contribution < 1.29 is 9.53 Å². The highest BCUT2D eigenvalue weighted by molar-refractivity contribution is 5.91. The van der Waals surface area contributed by atoms with E-state index in [1.54, 1.807) is 19.4 Å². The first-order chi connectivity index (χ1) is 10.1. The molecule has 0 radical (unpaired) electrons. The lowest BCUT2D eigenvalue weighted by molar-refractivity contribution is -0.119. The highest BCUT2D eigenvalue weighted by atomic mass is 16.5. The summed E-state index contributed by atoms with van der Waals surface area (Å²) in [6, 6.07) is 3.08. The van der Waals surface area contributed by atoms with Gasteiger partial charge in [-0.05, 0) is 30.9 Å². The number of amides is 1. The van der Waals surface area contributed by atoms with Crippen LogP contribution in [0.25, 0.3) is 0 Å². The van der Waals surface area contributed by atoms with E-state index in [-0.39, 0.29) is 16.9 Å². The number of aromatic nitrogens is 1. The summed E-state index contributed by atoms with van der Waals surface area (Å²) in [5.41, 5.74) is 6.27. The largest absolute Gasteiger partial charge is 0.383 e. The molecule has 0 saturated heterocycles. The van der Waals surface area contributed by atoms with Crippen molar-refractivity contribution in [2.75, 3.05) is 25.6 Å². The molecule has 0 aromatic carbocycles. The number of carbonyl (C=O) groups is 1. The standard InChI is InChI=1S/C15H23N3O3/c1-21-8-7-18-10-12(3-4-14(18)20)17-13(19)9-15(11-16)5-2-6-15/h3-4,10H,2,5-9,11,16H2,1H3,(H,17,19). The van der Waals surface area contributed by atoms with Gasteiger partial charge in [0.05, 0.1) is 12.3 Å². The Hall–Kier alpha value is -1.66. The van der Waals surface area contributed by atoms with Crippen LogP contribution >= 0.6 is 0 Å². The van der Waals surface area contributed by atoms with E-state index in [0.29, 0.717) is 31.8 Å². The SMILES string of the molecule is COCCn1cc(NC(=O)CC2(CN)CCC2)ccc1=O. The highest BCUT2D eigenvalue weighted by Gasteiger charge is 2.37. The quantitative estimate of drug-likeness (QED) is 0.783. The molecule has 0 unspecified atom stereocenters. The summed E-state index contributed by atoms with van der Waals surface area (Å²) in [6.45, 7) is 1.47. The van der Waals surface area contributed by atoms with Crippen molar-refractivity contribution in [2.45, 2.75) is 32.2 Å². The molecule has 116 valence electrons. The predicted octanol–water partition coefficient (Wildman–Crippen LogP) is 0.952. The first-order valence-electron chi connectivity index (χ1n) is 7.28. The molecule has 1 aliphatic rings. The van der Waals surface area contributed by atoms with Gasteiger partial charge < -0.3 is 20.4 Å². The van der Waals surface area contributed by atoms with Gasteiger partial charge in [-0.2, -0.15) is 0 Å². The molecule has 0 atom stereocenters. The Balaban J connectivity index is 1.98. The van der Waals surface area contributed by atoms with Gasteiger partial charge in [0.2, 0.25) is 5.91 Å². The van der Waals surface area contributed by atoms with Crippen molar-refractivity contribution in [3.05, 3.63) is 28.7 Å². The summed E-state index contributed by atoms with van der Waals surface area (Å²) in [4.78, 5) is 23.8. The number of hydrogen-bond acceptors (Lipinski definition) is 4. The van der Waals surface area contributed by atoms with Crippen molar-refractivity contribution in [3.8, 4) is 0 Å². The first kappa shape index (κ1) is 15.7. The fraction of sp³-hybridized carbons (Fsp3) is 0.600. The molecule has 1 saturated carbocycles. The molecule has 1 heterocycles. The van der Waals surface area contributed by atoms with Gasteiger partial charge in [-0.25, -0.2) is 0 Å². The summed E-state index contributed by atoms with van der Waals surface area (Å²) in [5, 5.41) is 2.85. The number of nitrogens with one attached hydrogen (secondary N) is 1. The lowest BCUT2D eigenvalue weighted by Gasteiger charge is -2.40. The molecule has 21 heavy (non-hydrogen) atoms. The minimum absolute atomic E-state index is 0.0193. The molecule has 0 aliphatic heterocycles. The van der Waals surface area contributed by atoms with Gasteiger partial charge in [0.15, 0.2) is 0 Å². The molecule has 0 bridgehead atoms. The van der Waals surface area contributed by atoms with Crippen molar-refractivity contribution >= 4 is 11.6 Å². The zero-order chi connectivity index (χ0) is 15.3. The smallest absolute Gasteiger partial charge is 0.250 e. The highest BCUT2D eigenvalue weighted by Crippen LogP contribution is 2.42. The average molecular weight is 293 g/mol. The fourth-order valence-corrected chi connectivity index (χ4v) is 2.65. The van der Waals surface area contributed by atoms with Crippen LogP contribution in [0.15, 0.2) is 23.1 Å². The van der Waals surface area contributed by atoms with Gasteiger partial charge in [0.1, 0.15) is 0 Å². The third-order valence-electron chi connectivity index (χ3n) is 4.19. The summed E-state index contributed by atoms with van der Waals surface area (Å²) < 4.78 is 6.49. The van der Waals surface area contributed by atoms with E-state index in [2.05, 4.69) is 5.32 Å². The van der Waals surface area contributed by atoms with Crippen LogP contribution in [0, 0.1) is 5.41 Å². The third-order valence-corrected chi connectivity index (χ3v) is 4.19. The molecule has 0 spiro atoms. The Morgan fingerprint density at radius 3 is 2.81 bits per heavy atom. The minimum Gasteiger partial charge on any atom is -0.383 e. The minimum atomic E-state index is -0.109. The zero-order valence-electron chi connectivity index (χ0n) is 12.4. The van der Waals surface area contributed by atoms with Gasteiger partial charge in [-0.1, -0.05) is 6.42 Å². The second-order valence-electron chi connectivity index (χ2n) is 5.72. The van der Waals surface area contributed by atoms with Crippen molar-refractivity contribution in [1.82, 2.24) is 4.57 Å². The van der Waals surface area contributed by atoms with Gasteiger partial charge in [-0.3, -0.25) is 9.59 Å². The Morgan fingerprint density at radius 2 is 2.24 bits per heavy atom. The van der Waals surface area contributed by atoms with Crippen LogP contribution in [0.4, 0.5) is 5.69 Å². The van der Waals surface area contributed by atoms with E-state index >= 15 is 0 Å². The Morgan fingerprint density at radius 1 is 1.48 bits per heavy atom. The number of nitrogens with two attached hydrogens (primary N) is 1. The molecule has 1 amide bonds. The fourth-order valence-electron chi connectivity index (χ4n) is 2.65. The second kappa shape index (κ2) is 6.87. The van der Waals surface area contributed by atoms with E-state index in [9.17, 15) is 9.59 Å². The second-order valence-corrected chi connectivity index (χ2v) is 5.72. The van der Waals surface area contributed by atoms with E-state index in [0.717, 1.165) is 19.3 Å². The van der Waals surface area contributed by atoms with Gasteiger partial charge in [-0.15, -0.1) is 0 Å². The molecule has 1 aromatic rings.